The predicted molar refractivity (Wildman–Crippen MR) is 88.5 cm³/mol. The lowest BCUT2D eigenvalue weighted by Crippen LogP contribution is -2.44. The molecule has 1 aliphatic heterocycles. The molecule has 7 heteroatoms. The summed E-state index contributed by atoms with van der Waals surface area (Å²) in [6.07, 6.45) is 2.28. The third-order valence-electron chi connectivity index (χ3n) is 3.48. The van der Waals surface area contributed by atoms with Crippen LogP contribution in [0.4, 0.5) is 0 Å². The number of amides is 1. The van der Waals surface area contributed by atoms with E-state index in [1.54, 1.807) is 16.3 Å². The van der Waals surface area contributed by atoms with Gasteiger partial charge in [-0.2, -0.15) is 0 Å². The van der Waals surface area contributed by atoms with Crippen molar-refractivity contribution in [1.29, 1.82) is 0 Å². The van der Waals surface area contributed by atoms with Crippen molar-refractivity contribution in [3.8, 4) is 0 Å². The van der Waals surface area contributed by atoms with Crippen LogP contribution in [0.5, 0.6) is 0 Å². The molecule has 1 amide bonds. The molecule has 0 aliphatic carbocycles. The van der Waals surface area contributed by atoms with E-state index in [1.807, 2.05) is 19.0 Å². The van der Waals surface area contributed by atoms with Crippen molar-refractivity contribution in [2.45, 2.75) is 38.0 Å². The van der Waals surface area contributed by atoms with Gasteiger partial charge in [-0.25, -0.2) is 4.98 Å². The number of rotatable bonds is 6. The second-order valence-electron chi connectivity index (χ2n) is 6.32. The number of fused-ring (bicyclic) bond motifs is 1. The summed E-state index contributed by atoms with van der Waals surface area (Å²) in [6, 6.07) is 0.0227. The molecule has 1 N–H and O–H groups in total. The molecule has 0 saturated heterocycles. The van der Waals surface area contributed by atoms with Crippen LogP contribution in [-0.4, -0.2) is 52.8 Å². The van der Waals surface area contributed by atoms with Gasteiger partial charge in [-0.1, -0.05) is 25.6 Å². The second kappa shape index (κ2) is 7.28. The molecule has 1 aromatic rings. The van der Waals surface area contributed by atoms with Crippen molar-refractivity contribution >= 4 is 17.7 Å². The first-order chi connectivity index (χ1) is 10.4. The number of carbonyl (C=O) groups excluding carboxylic acids is 1. The molecule has 1 aromatic heterocycles. The largest absolute Gasteiger partial charge is 0.348 e. The Balaban J connectivity index is 2.15. The van der Waals surface area contributed by atoms with Crippen LogP contribution in [0, 0.1) is 5.92 Å². The second-order valence-corrected chi connectivity index (χ2v) is 7.38. The number of nitrogens with zero attached hydrogens (tertiary/aromatic N) is 3. The maximum absolute atomic E-state index is 12.4. The molecule has 1 atom stereocenters. The normalized spacial score (nSPS) is 15.2. The number of hydrogen-bond donors (Lipinski definition) is 1. The van der Waals surface area contributed by atoms with Gasteiger partial charge in [-0.15, -0.1) is 0 Å². The van der Waals surface area contributed by atoms with Crippen molar-refractivity contribution in [3.05, 3.63) is 22.1 Å². The monoisotopic (exact) mass is 324 g/mol. The lowest BCUT2D eigenvalue weighted by Gasteiger charge is -2.23. The van der Waals surface area contributed by atoms with Crippen LogP contribution in [0.15, 0.2) is 16.1 Å². The van der Waals surface area contributed by atoms with E-state index in [2.05, 4.69) is 24.1 Å². The van der Waals surface area contributed by atoms with Gasteiger partial charge in [0.1, 0.15) is 5.56 Å². The highest BCUT2D eigenvalue weighted by Crippen LogP contribution is 2.20. The molecule has 0 spiro atoms. The molecule has 0 fully saturated rings. The van der Waals surface area contributed by atoms with Crippen LogP contribution >= 0.6 is 11.8 Å². The van der Waals surface area contributed by atoms with Crippen molar-refractivity contribution in [2.75, 3.05) is 26.4 Å². The molecule has 0 radical (unpaired) electrons. The molecule has 6 nitrogen and oxygen atoms in total. The number of likely N-dealkylation sites (N-methyl/N-ethyl adjacent to an activating group) is 1. The van der Waals surface area contributed by atoms with E-state index in [0.717, 1.165) is 18.7 Å². The smallest absolute Gasteiger partial charge is 0.267 e. The van der Waals surface area contributed by atoms with E-state index in [1.165, 1.54) is 6.20 Å². The molecule has 2 rings (SSSR count). The van der Waals surface area contributed by atoms with Crippen molar-refractivity contribution < 1.29 is 4.79 Å². The van der Waals surface area contributed by atoms with E-state index in [-0.39, 0.29) is 23.1 Å². The van der Waals surface area contributed by atoms with Gasteiger partial charge >= 0.3 is 0 Å². The molecule has 0 bridgehead atoms. The van der Waals surface area contributed by atoms with Crippen molar-refractivity contribution in [2.24, 2.45) is 5.92 Å². The van der Waals surface area contributed by atoms with E-state index < -0.39 is 0 Å². The van der Waals surface area contributed by atoms with E-state index in [9.17, 15) is 9.59 Å². The molecule has 2 heterocycles. The summed E-state index contributed by atoms with van der Waals surface area (Å²) in [5.74, 6) is 0.988. The lowest BCUT2D eigenvalue weighted by atomic mass is 10.0. The molecule has 0 aromatic carbocycles. The first-order valence-electron chi connectivity index (χ1n) is 7.56. The third-order valence-corrected chi connectivity index (χ3v) is 4.45. The van der Waals surface area contributed by atoms with Crippen LogP contribution in [0.2, 0.25) is 0 Å². The standard InChI is InChI=1S/C15H24N4O2S/c1-10(2)7-11(9-18(3)4)17-13(20)12-8-16-15-19(14(12)21)5-6-22-15/h8,10-11H,5-7,9H2,1-4H3,(H,17,20). The van der Waals surface area contributed by atoms with Crippen LogP contribution in [0.1, 0.15) is 30.6 Å². The zero-order valence-electron chi connectivity index (χ0n) is 13.6. The minimum atomic E-state index is -0.322. The van der Waals surface area contributed by atoms with Gasteiger partial charge in [0, 0.05) is 31.1 Å². The Morgan fingerprint density at radius 3 is 2.86 bits per heavy atom. The van der Waals surface area contributed by atoms with E-state index >= 15 is 0 Å². The molecule has 1 unspecified atom stereocenters. The Morgan fingerprint density at radius 1 is 1.50 bits per heavy atom. The highest BCUT2D eigenvalue weighted by Gasteiger charge is 2.22. The first-order valence-corrected chi connectivity index (χ1v) is 8.55. The summed E-state index contributed by atoms with van der Waals surface area (Å²) in [5, 5.41) is 3.69. The van der Waals surface area contributed by atoms with Crippen molar-refractivity contribution in [3.63, 3.8) is 0 Å². The zero-order valence-corrected chi connectivity index (χ0v) is 14.4. The Morgan fingerprint density at radius 2 is 2.23 bits per heavy atom. The molecule has 1 aliphatic rings. The maximum Gasteiger partial charge on any atom is 0.267 e. The lowest BCUT2D eigenvalue weighted by molar-refractivity contribution is 0.0921. The quantitative estimate of drug-likeness (QED) is 0.793. The molecular formula is C15H24N4O2S. The third kappa shape index (κ3) is 4.10. The summed E-state index contributed by atoms with van der Waals surface area (Å²) in [5.41, 5.74) is -0.0978. The Labute approximate surface area is 135 Å². The summed E-state index contributed by atoms with van der Waals surface area (Å²) in [4.78, 5) is 31.1. The van der Waals surface area contributed by atoms with E-state index in [0.29, 0.717) is 17.6 Å². The maximum atomic E-state index is 12.4. The number of hydrogen-bond acceptors (Lipinski definition) is 5. The summed E-state index contributed by atoms with van der Waals surface area (Å²) < 4.78 is 1.59. The minimum absolute atomic E-state index is 0.0227. The van der Waals surface area contributed by atoms with Crippen LogP contribution < -0.4 is 10.9 Å². The topological polar surface area (TPSA) is 67.2 Å². The highest BCUT2D eigenvalue weighted by atomic mass is 32.2. The Hall–Kier alpha value is -1.34. The van der Waals surface area contributed by atoms with Gasteiger partial charge in [-0.05, 0) is 26.4 Å². The fraction of sp³-hybridized carbons (Fsp3) is 0.667. The number of carbonyl (C=O) groups is 1. The van der Waals surface area contributed by atoms with E-state index in [4.69, 9.17) is 0 Å². The van der Waals surface area contributed by atoms with Gasteiger partial charge in [-0.3, -0.25) is 14.2 Å². The Kier molecular flexibility index (Phi) is 5.63. The fourth-order valence-corrected chi connectivity index (χ4v) is 3.54. The number of aromatic nitrogens is 2. The van der Waals surface area contributed by atoms with Crippen LogP contribution in [-0.2, 0) is 6.54 Å². The molecule has 22 heavy (non-hydrogen) atoms. The molecule has 0 saturated carbocycles. The summed E-state index contributed by atoms with van der Waals surface area (Å²) in [7, 11) is 3.95. The number of thioether (sulfide) groups is 1. The van der Waals surface area contributed by atoms with Crippen LogP contribution in [0.25, 0.3) is 0 Å². The van der Waals surface area contributed by atoms with Crippen molar-refractivity contribution in [1.82, 2.24) is 19.8 Å². The van der Waals surface area contributed by atoms with Gasteiger partial charge in [0.05, 0.1) is 0 Å². The molecule has 122 valence electrons. The fourth-order valence-electron chi connectivity index (χ4n) is 2.63. The first kappa shape index (κ1) is 17.0. The minimum Gasteiger partial charge on any atom is -0.348 e. The highest BCUT2D eigenvalue weighted by molar-refractivity contribution is 7.99. The predicted octanol–water partition coefficient (Wildman–Crippen LogP) is 1.06. The van der Waals surface area contributed by atoms with Gasteiger partial charge < -0.3 is 10.2 Å². The Bertz CT molecular complexity index is 588. The van der Waals surface area contributed by atoms with Gasteiger partial charge in [0.15, 0.2) is 5.16 Å². The van der Waals surface area contributed by atoms with Gasteiger partial charge in [0.2, 0.25) is 0 Å². The zero-order chi connectivity index (χ0) is 16.3. The molecular weight excluding hydrogens is 300 g/mol. The summed E-state index contributed by atoms with van der Waals surface area (Å²) in [6.45, 7) is 5.62. The summed E-state index contributed by atoms with van der Waals surface area (Å²) >= 11 is 1.55. The average Bonchev–Trinajstić information content (AvgIpc) is 2.86. The number of nitrogens with one attached hydrogen (secondary N) is 1. The van der Waals surface area contributed by atoms with Crippen LogP contribution in [0.3, 0.4) is 0 Å². The average molecular weight is 324 g/mol. The van der Waals surface area contributed by atoms with Gasteiger partial charge in [0.25, 0.3) is 11.5 Å². The SMILES string of the molecule is CC(C)CC(CN(C)C)NC(=O)c1cnc2n(c1=O)CCS2.